The van der Waals surface area contributed by atoms with Gasteiger partial charge in [-0.05, 0) is 49.5 Å². The minimum Gasteiger partial charge on any atom is -0.444 e. The van der Waals surface area contributed by atoms with Crippen molar-refractivity contribution >= 4 is 41.5 Å². The van der Waals surface area contributed by atoms with Crippen LogP contribution in [0.15, 0.2) is 91.0 Å². The monoisotopic (exact) mass is 491 g/mol. The molecule has 0 aliphatic heterocycles. The normalized spacial score (nSPS) is 12.2. The van der Waals surface area contributed by atoms with Gasteiger partial charge in [0.15, 0.2) is 0 Å². The summed E-state index contributed by atoms with van der Waals surface area (Å²) < 4.78 is 5.16. The van der Waals surface area contributed by atoms with Crippen LogP contribution in [0.3, 0.4) is 0 Å². The standard InChI is InChI=1S/C19H17P.C11H21NO3/c1-20(17-11-5-2-6-12-17,18-13-7-3-8-14-18)19-15-9-4-10-16-19;1-8(2)9(7-13)12(6)10(14)15-11(3,4)5/h2-16H,1H2;7-9H,1-6H3/t;9-/m.1/s1. The molecule has 0 radical (unpaired) electrons. The maximum atomic E-state index is 11.6. The highest BCUT2D eigenvalue weighted by Gasteiger charge is 2.26. The lowest BCUT2D eigenvalue weighted by atomic mass is 10.1. The topological polar surface area (TPSA) is 46.6 Å². The van der Waals surface area contributed by atoms with E-state index in [1.54, 1.807) is 27.8 Å². The highest BCUT2D eigenvalue weighted by atomic mass is 31.2. The lowest BCUT2D eigenvalue weighted by Gasteiger charge is -2.29. The predicted octanol–water partition coefficient (Wildman–Crippen LogP) is 5.49. The third-order valence-electron chi connectivity index (χ3n) is 5.54. The van der Waals surface area contributed by atoms with Crippen LogP contribution >= 0.6 is 6.89 Å². The highest BCUT2D eigenvalue weighted by molar-refractivity contribution is 7.93. The number of rotatable bonds is 6. The van der Waals surface area contributed by atoms with Crippen LogP contribution in [-0.2, 0) is 9.53 Å². The number of carbonyl (C=O) groups excluding carboxylic acids is 2. The number of aldehydes is 1. The van der Waals surface area contributed by atoms with Crippen molar-refractivity contribution in [2.75, 3.05) is 7.05 Å². The Morgan fingerprint density at radius 2 is 1.17 bits per heavy atom. The number of carbonyl (C=O) groups is 2. The Hall–Kier alpha value is -3.10. The van der Waals surface area contributed by atoms with Gasteiger partial charge in [0, 0.05) is 7.05 Å². The molecule has 3 rings (SSSR count). The summed E-state index contributed by atoms with van der Waals surface area (Å²) >= 11 is 0. The molecule has 35 heavy (non-hydrogen) atoms. The van der Waals surface area contributed by atoms with Gasteiger partial charge < -0.3 is 14.4 Å². The van der Waals surface area contributed by atoms with Gasteiger partial charge in [0.05, 0.1) is 6.04 Å². The lowest BCUT2D eigenvalue weighted by Crippen LogP contribution is -2.44. The fraction of sp³-hybridized carbons (Fsp3) is 0.300. The Morgan fingerprint density at radius 3 is 1.43 bits per heavy atom. The van der Waals surface area contributed by atoms with E-state index in [9.17, 15) is 9.59 Å². The van der Waals surface area contributed by atoms with Gasteiger partial charge in [0.1, 0.15) is 11.9 Å². The smallest absolute Gasteiger partial charge is 0.410 e. The largest absolute Gasteiger partial charge is 0.444 e. The molecule has 0 N–H and O–H groups in total. The molecule has 0 aromatic heterocycles. The summed E-state index contributed by atoms with van der Waals surface area (Å²) in [7, 11) is 1.58. The molecular weight excluding hydrogens is 453 g/mol. The van der Waals surface area contributed by atoms with E-state index in [0.29, 0.717) is 0 Å². The Labute approximate surface area is 210 Å². The summed E-state index contributed by atoms with van der Waals surface area (Å²) in [6, 6.07) is 31.5. The zero-order valence-corrected chi connectivity index (χ0v) is 22.6. The van der Waals surface area contributed by atoms with Crippen molar-refractivity contribution in [3.8, 4) is 0 Å². The summed E-state index contributed by atoms with van der Waals surface area (Å²) in [6.45, 7) is 7.39. The number of amides is 1. The number of hydrogen-bond acceptors (Lipinski definition) is 3. The number of benzene rings is 3. The average Bonchev–Trinajstić information content (AvgIpc) is 2.84. The molecule has 3 aromatic rings. The van der Waals surface area contributed by atoms with Crippen LogP contribution in [0.5, 0.6) is 0 Å². The molecule has 1 amide bonds. The Kier molecular flexibility index (Phi) is 10.1. The Bertz CT molecular complexity index is 1000. The SMILES string of the molecule is C=P(c1ccccc1)(c1ccccc1)c1ccccc1.CC(C)[C@@H](C=O)N(C)C(=O)OC(C)(C)C. The lowest BCUT2D eigenvalue weighted by molar-refractivity contribution is -0.113. The van der Waals surface area contributed by atoms with Crippen molar-refractivity contribution in [2.24, 2.45) is 5.92 Å². The van der Waals surface area contributed by atoms with E-state index in [1.165, 1.54) is 20.8 Å². The van der Waals surface area contributed by atoms with Gasteiger partial charge in [0.25, 0.3) is 0 Å². The minimum atomic E-state index is -1.78. The van der Waals surface area contributed by atoms with Crippen LogP contribution in [0.2, 0.25) is 0 Å². The molecule has 0 fully saturated rings. The molecule has 5 heteroatoms. The second-order valence-corrected chi connectivity index (χ2v) is 12.9. The number of nitrogens with zero attached hydrogens (tertiary/aromatic N) is 1. The molecular formula is C30H38NO3P. The van der Waals surface area contributed by atoms with E-state index in [-0.39, 0.29) is 5.92 Å². The van der Waals surface area contributed by atoms with Gasteiger partial charge in [-0.3, -0.25) is 0 Å². The quantitative estimate of drug-likeness (QED) is 0.338. The van der Waals surface area contributed by atoms with Crippen molar-refractivity contribution in [1.29, 1.82) is 0 Å². The number of hydrogen-bond donors (Lipinski definition) is 0. The van der Waals surface area contributed by atoms with Crippen LogP contribution < -0.4 is 15.9 Å². The van der Waals surface area contributed by atoms with Gasteiger partial charge in [-0.25, -0.2) is 4.79 Å². The molecule has 0 aliphatic carbocycles. The predicted molar refractivity (Wildman–Crippen MR) is 151 cm³/mol. The highest BCUT2D eigenvalue weighted by Crippen LogP contribution is 2.41. The zero-order chi connectivity index (χ0) is 26.1. The molecule has 0 heterocycles. The molecule has 0 unspecified atom stereocenters. The maximum Gasteiger partial charge on any atom is 0.410 e. The van der Waals surface area contributed by atoms with Crippen molar-refractivity contribution in [3.05, 3.63) is 91.0 Å². The molecule has 0 aliphatic rings. The molecule has 0 spiro atoms. The van der Waals surface area contributed by atoms with Crippen LogP contribution in [0.1, 0.15) is 34.6 Å². The van der Waals surface area contributed by atoms with Gasteiger partial charge in [-0.2, -0.15) is 0 Å². The first-order valence-electron chi connectivity index (χ1n) is 11.8. The average molecular weight is 492 g/mol. The van der Waals surface area contributed by atoms with E-state index in [1.807, 2.05) is 13.8 Å². The first-order valence-corrected chi connectivity index (χ1v) is 13.8. The zero-order valence-electron chi connectivity index (χ0n) is 21.7. The summed E-state index contributed by atoms with van der Waals surface area (Å²) in [5.41, 5.74) is -0.532. The number of ether oxygens (including phenoxy) is 1. The second-order valence-electron chi connectivity index (χ2n) is 9.78. The fourth-order valence-electron chi connectivity index (χ4n) is 3.65. The first-order chi connectivity index (χ1) is 16.5. The van der Waals surface area contributed by atoms with Crippen LogP contribution in [-0.4, -0.2) is 42.3 Å². The summed E-state index contributed by atoms with van der Waals surface area (Å²) in [6.07, 6.45) is 5.00. The fourth-order valence-corrected chi connectivity index (χ4v) is 6.58. The molecule has 0 bridgehead atoms. The third-order valence-corrected chi connectivity index (χ3v) is 9.08. The second kappa shape index (κ2) is 12.6. The Morgan fingerprint density at radius 1 is 0.829 bits per heavy atom. The van der Waals surface area contributed by atoms with E-state index in [0.717, 1.165) is 6.29 Å². The maximum absolute atomic E-state index is 11.6. The van der Waals surface area contributed by atoms with E-state index < -0.39 is 24.6 Å². The van der Waals surface area contributed by atoms with Gasteiger partial charge in [-0.15, -0.1) is 0 Å². The molecule has 186 valence electrons. The van der Waals surface area contributed by atoms with Crippen molar-refractivity contribution < 1.29 is 14.3 Å². The minimum absolute atomic E-state index is 0.0834. The van der Waals surface area contributed by atoms with Gasteiger partial charge in [0.2, 0.25) is 0 Å². The van der Waals surface area contributed by atoms with Crippen LogP contribution in [0.25, 0.3) is 0 Å². The van der Waals surface area contributed by atoms with E-state index in [2.05, 4.69) is 91.0 Å². The van der Waals surface area contributed by atoms with Gasteiger partial charge in [-0.1, -0.05) is 111 Å². The summed E-state index contributed by atoms with van der Waals surface area (Å²) in [5.74, 6) is 0.0834. The van der Waals surface area contributed by atoms with Crippen LogP contribution in [0, 0.1) is 5.92 Å². The molecule has 1 atom stereocenters. The van der Waals surface area contributed by atoms with Crippen LogP contribution in [0.4, 0.5) is 4.79 Å². The van der Waals surface area contributed by atoms with Gasteiger partial charge >= 0.3 is 6.09 Å². The molecule has 3 aromatic carbocycles. The number of likely N-dealkylation sites (N-methyl/N-ethyl adjacent to an activating group) is 1. The van der Waals surface area contributed by atoms with E-state index in [4.69, 9.17) is 11.0 Å². The van der Waals surface area contributed by atoms with E-state index >= 15 is 0 Å². The Balaban J connectivity index is 0.000000260. The first kappa shape index (κ1) is 28.1. The third kappa shape index (κ3) is 7.70. The molecule has 0 saturated carbocycles. The van der Waals surface area contributed by atoms with Crippen molar-refractivity contribution in [1.82, 2.24) is 4.90 Å². The van der Waals surface area contributed by atoms with Crippen molar-refractivity contribution in [3.63, 3.8) is 0 Å². The van der Waals surface area contributed by atoms with Crippen molar-refractivity contribution in [2.45, 2.75) is 46.3 Å². The molecule has 0 saturated heterocycles. The summed E-state index contributed by atoms with van der Waals surface area (Å²) in [4.78, 5) is 23.8. The molecule has 4 nitrogen and oxygen atoms in total. The summed E-state index contributed by atoms with van der Waals surface area (Å²) in [5, 5.41) is 3.95.